The molecule has 3 nitrogen and oxygen atoms in total. The van der Waals surface area contributed by atoms with Gasteiger partial charge in [-0.15, -0.1) is 0 Å². The van der Waals surface area contributed by atoms with Crippen LogP contribution in [0.4, 0.5) is 13.2 Å². The Morgan fingerprint density at radius 3 is 2.74 bits per heavy atom. The van der Waals surface area contributed by atoms with Gasteiger partial charge in [-0.25, -0.2) is 0 Å². The van der Waals surface area contributed by atoms with Gasteiger partial charge in [-0.2, -0.15) is 13.2 Å². The zero-order valence-electron chi connectivity index (χ0n) is 10.6. The van der Waals surface area contributed by atoms with E-state index in [2.05, 4.69) is 0 Å². The van der Waals surface area contributed by atoms with Gasteiger partial charge in [0.15, 0.2) is 0 Å². The monoisotopic (exact) mass is 275 g/mol. The number of hydrogen-bond donors (Lipinski definition) is 1. The van der Waals surface area contributed by atoms with E-state index in [9.17, 15) is 13.2 Å². The van der Waals surface area contributed by atoms with Crippen LogP contribution in [0.3, 0.4) is 0 Å². The SMILES string of the molecule is COc1cc(CC(F)(F)F)c2c(c1CCN)CCO2. The third-order valence-corrected chi connectivity index (χ3v) is 3.14. The number of benzene rings is 1. The number of hydrogen-bond acceptors (Lipinski definition) is 3. The fourth-order valence-electron chi connectivity index (χ4n) is 2.44. The molecule has 0 atom stereocenters. The van der Waals surface area contributed by atoms with Crippen molar-refractivity contribution < 1.29 is 22.6 Å². The molecule has 0 fully saturated rings. The molecular weight excluding hydrogens is 259 g/mol. The van der Waals surface area contributed by atoms with E-state index in [1.165, 1.54) is 13.2 Å². The molecule has 1 aliphatic heterocycles. The fraction of sp³-hybridized carbons (Fsp3) is 0.538. The summed E-state index contributed by atoms with van der Waals surface area (Å²) in [5.74, 6) is 0.829. The summed E-state index contributed by atoms with van der Waals surface area (Å²) < 4.78 is 48.3. The Bertz CT molecular complexity index is 472. The van der Waals surface area contributed by atoms with E-state index in [-0.39, 0.29) is 5.56 Å². The van der Waals surface area contributed by atoms with E-state index in [0.717, 1.165) is 11.1 Å². The van der Waals surface area contributed by atoms with Gasteiger partial charge >= 0.3 is 6.18 Å². The Kier molecular flexibility index (Phi) is 3.89. The van der Waals surface area contributed by atoms with Crippen LogP contribution < -0.4 is 15.2 Å². The molecular formula is C13H16F3NO2. The molecule has 2 rings (SSSR count). The van der Waals surface area contributed by atoms with Crippen molar-refractivity contribution in [3.05, 3.63) is 22.8 Å². The van der Waals surface area contributed by atoms with Gasteiger partial charge in [0.1, 0.15) is 11.5 Å². The molecule has 0 unspecified atom stereocenters. The number of alkyl halides is 3. The second kappa shape index (κ2) is 5.28. The number of nitrogens with two attached hydrogens (primary N) is 1. The smallest absolute Gasteiger partial charge is 0.393 e. The molecule has 2 N–H and O–H groups in total. The molecule has 1 aromatic rings. The molecule has 0 aliphatic carbocycles. The highest BCUT2D eigenvalue weighted by Crippen LogP contribution is 2.40. The quantitative estimate of drug-likeness (QED) is 0.916. The number of halogens is 3. The highest BCUT2D eigenvalue weighted by atomic mass is 19.4. The van der Waals surface area contributed by atoms with Gasteiger partial charge in [-0.05, 0) is 19.0 Å². The predicted molar refractivity (Wildman–Crippen MR) is 64.7 cm³/mol. The van der Waals surface area contributed by atoms with Crippen LogP contribution in [0, 0.1) is 0 Å². The van der Waals surface area contributed by atoms with E-state index in [4.69, 9.17) is 15.2 Å². The lowest BCUT2D eigenvalue weighted by atomic mass is 9.96. The standard InChI is InChI=1S/C13H16F3NO2/c1-18-11-6-8(7-13(14,15)16)12-10(3-5-19-12)9(11)2-4-17/h6H,2-5,7,17H2,1H3. The average molecular weight is 275 g/mol. The van der Waals surface area contributed by atoms with E-state index >= 15 is 0 Å². The first-order chi connectivity index (χ1) is 8.96. The summed E-state index contributed by atoms with van der Waals surface area (Å²) in [6, 6.07) is 1.42. The molecule has 6 heteroatoms. The fourth-order valence-corrected chi connectivity index (χ4v) is 2.44. The van der Waals surface area contributed by atoms with Gasteiger partial charge < -0.3 is 15.2 Å². The molecule has 1 aromatic carbocycles. The van der Waals surface area contributed by atoms with Crippen LogP contribution in [-0.4, -0.2) is 26.4 Å². The molecule has 0 radical (unpaired) electrons. The molecule has 106 valence electrons. The molecule has 0 saturated carbocycles. The van der Waals surface area contributed by atoms with E-state index in [0.29, 0.717) is 37.5 Å². The van der Waals surface area contributed by atoms with Gasteiger partial charge in [-0.1, -0.05) is 0 Å². The molecule has 0 amide bonds. The summed E-state index contributed by atoms with van der Waals surface area (Å²) in [5, 5.41) is 0. The molecule has 0 bridgehead atoms. The van der Waals surface area contributed by atoms with Crippen LogP contribution in [0.1, 0.15) is 16.7 Å². The van der Waals surface area contributed by atoms with Crippen LogP contribution >= 0.6 is 0 Å². The Labute approximate surface area is 109 Å². The molecule has 0 aromatic heterocycles. The second-order valence-electron chi connectivity index (χ2n) is 4.45. The maximum atomic E-state index is 12.6. The maximum Gasteiger partial charge on any atom is 0.393 e. The van der Waals surface area contributed by atoms with Gasteiger partial charge in [0.05, 0.1) is 20.1 Å². The summed E-state index contributed by atoms with van der Waals surface area (Å²) in [6.45, 7) is 0.826. The Morgan fingerprint density at radius 1 is 1.42 bits per heavy atom. The van der Waals surface area contributed by atoms with Crippen LogP contribution in [-0.2, 0) is 19.3 Å². The normalized spacial score (nSPS) is 14.2. The van der Waals surface area contributed by atoms with Crippen molar-refractivity contribution in [1.82, 2.24) is 0 Å². The van der Waals surface area contributed by atoms with Gasteiger partial charge in [0.25, 0.3) is 0 Å². The lowest BCUT2D eigenvalue weighted by Gasteiger charge is -2.17. The summed E-state index contributed by atoms with van der Waals surface area (Å²) in [5.41, 5.74) is 7.35. The Morgan fingerprint density at radius 2 is 2.16 bits per heavy atom. The van der Waals surface area contributed by atoms with Crippen molar-refractivity contribution in [2.45, 2.75) is 25.4 Å². The van der Waals surface area contributed by atoms with Crippen molar-refractivity contribution in [2.24, 2.45) is 5.73 Å². The molecule has 1 heterocycles. The number of ether oxygens (including phenoxy) is 2. The number of rotatable bonds is 4. The summed E-state index contributed by atoms with van der Waals surface area (Å²) in [7, 11) is 1.45. The summed E-state index contributed by atoms with van der Waals surface area (Å²) >= 11 is 0. The largest absolute Gasteiger partial charge is 0.496 e. The second-order valence-corrected chi connectivity index (χ2v) is 4.45. The third kappa shape index (κ3) is 2.94. The zero-order valence-corrected chi connectivity index (χ0v) is 10.6. The van der Waals surface area contributed by atoms with Crippen molar-refractivity contribution in [1.29, 1.82) is 0 Å². The maximum absolute atomic E-state index is 12.6. The lowest BCUT2D eigenvalue weighted by Crippen LogP contribution is -2.13. The molecule has 1 aliphatic rings. The number of methoxy groups -OCH3 is 1. The minimum absolute atomic E-state index is 0.137. The summed E-state index contributed by atoms with van der Waals surface area (Å²) in [6.07, 6.45) is -4.09. The van der Waals surface area contributed by atoms with Gasteiger partial charge in [-0.3, -0.25) is 0 Å². The first kappa shape index (κ1) is 14.0. The predicted octanol–water partition coefficient (Wildman–Crippen LogP) is 2.24. The van der Waals surface area contributed by atoms with Crippen LogP contribution in [0.2, 0.25) is 0 Å². The number of fused-ring (bicyclic) bond motifs is 1. The highest BCUT2D eigenvalue weighted by Gasteiger charge is 2.32. The van der Waals surface area contributed by atoms with Crippen LogP contribution in [0.15, 0.2) is 6.07 Å². The van der Waals surface area contributed by atoms with Crippen molar-refractivity contribution in [3.8, 4) is 11.5 Å². The minimum atomic E-state index is -4.26. The average Bonchev–Trinajstić information content (AvgIpc) is 2.79. The Hall–Kier alpha value is -1.43. The van der Waals surface area contributed by atoms with Crippen molar-refractivity contribution in [2.75, 3.05) is 20.3 Å². The first-order valence-electron chi connectivity index (χ1n) is 6.07. The van der Waals surface area contributed by atoms with Crippen LogP contribution in [0.5, 0.6) is 11.5 Å². The zero-order chi connectivity index (χ0) is 14.0. The topological polar surface area (TPSA) is 44.5 Å². The highest BCUT2D eigenvalue weighted by molar-refractivity contribution is 5.56. The third-order valence-electron chi connectivity index (χ3n) is 3.14. The molecule has 0 saturated heterocycles. The van der Waals surface area contributed by atoms with E-state index in [1.54, 1.807) is 0 Å². The van der Waals surface area contributed by atoms with Crippen molar-refractivity contribution >= 4 is 0 Å². The van der Waals surface area contributed by atoms with Crippen LogP contribution in [0.25, 0.3) is 0 Å². The molecule has 0 spiro atoms. The van der Waals surface area contributed by atoms with E-state index in [1.807, 2.05) is 0 Å². The van der Waals surface area contributed by atoms with E-state index < -0.39 is 12.6 Å². The Balaban J connectivity index is 2.49. The van der Waals surface area contributed by atoms with Crippen molar-refractivity contribution in [3.63, 3.8) is 0 Å². The van der Waals surface area contributed by atoms with Gasteiger partial charge in [0, 0.05) is 23.1 Å². The summed E-state index contributed by atoms with van der Waals surface area (Å²) in [4.78, 5) is 0. The first-order valence-corrected chi connectivity index (χ1v) is 6.07. The lowest BCUT2D eigenvalue weighted by molar-refractivity contribution is -0.127. The minimum Gasteiger partial charge on any atom is -0.496 e. The molecule has 19 heavy (non-hydrogen) atoms. The van der Waals surface area contributed by atoms with Gasteiger partial charge in [0.2, 0.25) is 0 Å².